The van der Waals surface area contributed by atoms with E-state index in [1.54, 1.807) is 0 Å². The number of carboxylic acids is 2. The van der Waals surface area contributed by atoms with Crippen LogP contribution in [0.4, 0.5) is 5.82 Å². The van der Waals surface area contributed by atoms with Crippen molar-refractivity contribution in [1.82, 2.24) is 9.97 Å². The summed E-state index contributed by atoms with van der Waals surface area (Å²) in [5.41, 5.74) is 0. The van der Waals surface area contributed by atoms with E-state index >= 15 is 0 Å². The van der Waals surface area contributed by atoms with Gasteiger partial charge in [-0.25, -0.2) is 14.6 Å². The highest BCUT2D eigenvalue weighted by Gasteiger charge is 2.25. The molecular weight excluding hydrogens is 190 g/mol. The number of hydrogen-bond acceptors (Lipinski definition) is 5. The molecule has 0 bridgehead atoms. The van der Waals surface area contributed by atoms with E-state index in [9.17, 15) is 9.59 Å². The topological polar surface area (TPSA) is 112 Å². The van der Waals surface area contributed by atoms with Gasteiger partial charge in [0.05, 0.1) is 6.20 Å². The van der Waals surface area contributed by atoms with Crippen LogP contribution in [0, 0.1) is 0 Å². The van der Waals surface area contributed by atoms with Gasteiger partial charge in [0, 0.05) is 12.4 Å². The molecule has 3 N–H and O–H groups in total. The van der Waals surface area contributed by atoms with Crippen LogP contribution in [0.2, 0.25) is 0 Å². The van der Waals surface area contributed by atoms with Crippen molar-refractivity contribution < 1.29 is 19.8 Å². The van der Waals surface area contributed by atoms with Crippen molar-refractivity contribution in [1.29, 1.82) is 0 Å². The molecule has 1 heterocycles. The molecule has 0 aliphatic carbocycles. The van der Waals surface area contributed by atoms with Crippen molar-refractivity contribution in [2.24, 2.45) is 0 Å². The van der Waals surface area contributed by atoms with Gasteiger partial charge in [0.1, 0.15) is 5.82 Å². The lowest BCUT2D eigenvalue weighted by molar-refractivity contribution is -0.148. The first-order valence-corrected chi connectivity index (χ1v) is 3.59. The Balaban J connectivity index is 2.75. The third-order valence-corrected chi connectivity index (χ3v) is 1.35. The van der Waals surface area contributed by atoms with Gasteiger partial charge in [-0.1, -0.05) is 0 Å². The summed E-state index contributed by atoms with van der Waals surface area (Å²) in [7, 11) is 0. The summed E-state index contributed by atoms with van der Waals surface area (Å²) in [4.78, 5) is 28.2. The zero-order valence-electron chi connectivity index (χ0n) is 6.91. The number of carboxylic acid groups (broad SMARTS) is 2. The van der Waals surface area contributed by atoms with Crippen LogP contribution in [0.1, 0.15) is 0 Å². The molecule has 1 aromatic heterocycles. The van der Waals surface area contributed by atoms with Crippen LogP contribution in [0.5, 0.6) is 0 Å². The van der Waals surface area contributed by atoms with E-state index in [4.69, 9.17) is 10.2 Å². The fourth-order valence-corrected chi connectivity index (χ4v) is 0.751. The Kier molecular flexibility index (Phi) is 2.95. The van der Waals surface area contributed by atoms with E-state index in [1.807, 2.05) is 0 Å². The maximum atomic E-state index is 10.5. The molecule has 0 unspecified atom stereocenters. The van der Waals surface area contributed by atoms with E-state index in [2.05, 4.69) is 15.3 Å². The van der Waals surface area contributed by atoms with Gasteiger partial charge in [0.15, 0.2) is 0 Å². The highest BCUT2D eigenvalue weighted by Crippen LogP contribution is 2.00. The average molecular weight is 197 g/mol. The summed E-state index contributed by atoms with van der Waals surface area (Å²) >= 11 is 0. The van der Waals surface area contributed by atoms with Crippen molar-refractivity contribution >= 4 is 17.8 Å². The van der Waals surface area contributed by atoms with Crippen LogP contribution in [0.3, 0.4) is 0 Å². The number of aromatic nitrogens is 2. The second-order valence-electron chi connectivity index (χ2n) is 2.34. The van der Waals surface area contributed by atoms with Crippen LogP contribution in [-0.4, -0.2) is 38.2 Å². The van der Waals surface area contributed by atoms with Crippen LogP contribution in [0.25, 0.3) is 0 Å². The highest BCUT2D eigenvalue weighted by atomic mass is 16.4. The van der Waals surface area contributed by atoms with Crippen LogP contribution < -0.4 is 5.32 Å². The fraction of sp³-hybridized carbons (Fsp3) is 0.143. The SMILES string of the molecule is O=C(O)C(Nc1cnccn1)C(=O)O. The number of nitrogens with one attached hydrogen (secondary N) is 1. The zero-order valence-corrected chi connectivity index (χ0v) is 6.91. The fourth-order valence-electron chi connectivity index (χ4n) is 0.751. The summed E-state index contributed by atoms with van der Waals surface area (Å²) in [6.07, 6.45) is 3.95. The molecule has 0 radical (unpaired) electrons. The Morgan fingerprint density at radius 1 is 1.29 bits per heavy atom. The lowest BCUT2D eigenvalue weighted by Gasteiger charge is -2.09. The van der Waals surface area contributed by atoms with Gasteiger partial charge in [-0.15, -0.1) is 0 Å². The van der Waals surface area contributed by atoms with Gasteiger partial charge < -0.3 is 15.5 Å². The third kappa shape index (κ3) is 2.41. The van der Waals surface area contributed by atoms with Crippen molar-refractivity contribution in [3.8, 4) is 0 Å². The minimum absolute atomic E-state index is 0.0994. The molecule has 0 aliphatic rings. The Hall–Kier alpha value is -2.18. The molecule has 0 atom stereocenters. The van der Waals surface area contributed by atoms with E-state index < -0.39 is 18.0 Å². The standard InChI is InChI=1S/C7H7N3O4/c11-6(12)5(7(13)14)10-4-3-8-1-2-9-4/h1-3,5H,(H,9,10)(H,11,12)(H,13,14). The van der Waals surface area contributed by atoms with Crippen molar-refractivity contribution in [2.45, 2.75) is 6.04 Å². The molecule has 74 valence electrons. The van der Waals surface area contributed by atoms with E-state index in [0.29, 0.717) is 0 Å². The molecule has 0 amide bonds. The van der Waals surface area contributed by atoms with Gasteiger partial charge >= 0.3 is 11.9 Å². The third-order valence-electron chi connectivity index (χ3n) is 1.35. The van der Waals surface area contributed by atoms with Gasteiger partial charge in [0.2, 0.25) is 6.04 Å². The minimum atomic E-state index is -1.72. The summed E-state index contributed by atoms with van der Waals surface area (Å²) < 4.78 is 0. The summed E-state index contributed by atoms with van der Waals surface area (Å²) in [5, 5.41) is 19.2. The number of nitrogens with zero attached hydrogens (tertiary/aromatic N) is 2. The molecule has 0 aliphatic heterocycles. The lowest BCUT2D eigenvalue weighted by atomic mass is 10.3. The Morgan fingerprint density at radius 2 is 1.93 bits per heavy atom. The Morgan fingerprint density at radius 3 is 2.36 bits per heavy atom. The first-order chi connectivity index (χ1) is 6.61. The Bertz CT molecular complexity index is 326. The second-order valence-corrected chi connectivity index (χ2v) is 2.34. The average Bonchev–Trinajstić information content (AvgIpc) is 2.15. The minimum Gasteiger partial charge on any atom is -0.479 e. The maximum absolute atomic E-state index is 10.5. The molecule has 0 fully saturated rings. The predicted octanol–water partition coefficient (Wildman–Crippen LogP) is -0.574. The molecule has 7 nitrogen and oxygen atoms in total. The van der Waals surface area contributed by atoms with Gasteiger partial charge in [0.25, 0.3) is 0 Å². The summed E-state index contributed by atoms with van der Waals surface area (Å²) in [5.74, 6) is -2.87. The van der Waals surface area contributed by atoms with Gasteiger partial charge in [-0.3, -0.25) is 4.98 Å². The van der Waals surface area contributed by atoms with Crippen LogP contribution in [-0.2, 0) is 9.59 Å². The molecule has 0 spiro atoms. The zero-order chi connectivity index (χ0) is 10.6. The molecular formula is C7H7N3O4. The number of aliphatic carboxylic acids is 2. The van der Waals surface area contributed by atoms with E-state index in [1.165, 1.54) is 18.6 Å². The molecule has 0 aromatic carbocycles. The normalized spacial score (nSPS) is 9.79. The summed E-state index contributed by atoms with van der Waals surface area (Å²) in [6.45, 7) is 0. The van der Waals surface area contributed by atoms with Crippen LogP contribution in [0.15, 0.2) is 18.6 Å². The monoisotopic (exact) mass is 197 g/mol. The first kappa shape index (κ1) is 9.90. The largest absolute Gasteiger partial charge is 0.479 e. The summed E-state index contributed by atoms with van der Waals surface area (Å²) in [6, 6.07) is -1.72. The number of carbonyl (C=O) groups is 2. The number of rotatable bonds is 4. The van der Waals surface area contributed by atoms with E-state index in [0.717, 1.165) is 0 Å². The lowest BCUT2D eigenvalue weighted by Crippen LogP contribution is -2.37. The molecule has 7 heteroatoms. The number of anilines is 1. The van der Waals surface area contributed by atoms with Crippen molar-refractivity contribution in [2.75, 3.05) is 5.32 Å². The Labute approximate surface area is 78.4 Å². The molecule has 0 saturated heterocycles. The van der Waals surface area contributed by atoms with Crippen molar-refractivity contribution in [3.63, 3.8) is 0 Å². The van der Waals surface area contributed by atoms with Crippen molar-refractivity contribution in [3.05, 3.63) is 18.6 Å². The van der Waals surface area contributed by atoms with E-state index in [-0.39, 0.29) is 5.82 Å². The first-order valence-electron chi connectivity index (χ1n) is 3.59. The highest BCUT2D eigenvalue weighted by molar-refractivity contribution is 5.99. The smallest absolute Gasteiger partial charge is 0.337 e. The second kappa shape index (κ2) is 4.17. The predicted molar refractivity (Wildman–Crippen MR) is 44.7 cm³/mol. The molecule has 1 rings (SSSR count). The molecule has 14 heavy (non-hydrogen) atoms. The molecule has 1 aromatic rings. The maximum Gasteiger partial charge on any atom is 0.337 e. The molecule has 0 saturated carbocycles. The van der Waals surface area contributed by atoms with Gasteiger partial charge in [-0.2, -0.15) is 0 Å². The number of hydrogen-bond donors (Lipinski definition) is 3. The van der Waals surface area contributed by atoms with Crippen LogP contribution >= 0.6 is 0 Å². The quantitative estimate of drug-likeness (QED) is 0.553. The van der Waals surface area contributed by atoms with Gasteiger partial charge in [-0.05, 0) is 0 Å².